The number of fused-ring (bicyclic) bond motifs is 1. The molecule has 0 amide bonds. The van der Waals surface area contributed by atoms with Gasteiger partial charge in [-0.05, 0) is 73.9 Å². The van der Waals surface area contributed by atoms with E-state index in [1.54, 1.807) is 0 Å². The predicted octanol–water partition coefficient (Wildman–Crippen LogP) is 7.26. The SMILES string of the molecule is C#C[C@@]1(O[Si](C)(C)C)CC[C@@H]2[C@@H]([C@@H]1[C@H](O[Si](C)(C)C(C)(C)C)[C@H](C)C=C=C)C2(C)C. The summed E-state index contributed by atoms with van der Waals surface area (Å²) in [5.74, 6) is 4.84. The van der Waals surface area contributed by atoms with Crippen LogP contribution in [0, 0.1) is 41.4 Å². The van der Waals surface area contributed by atoms with Crippen LogP contribution in [0.1, 0.15) is 54.4 Å². The average Bonchev–Trinajstić information content (AvgIpc) is 3.11. The lowest BCUT2D eigenvalue weighted by molar-refractivity contribution is -0.0611. The Hall–Kier alpha value is -0.566. The van der Waals surface area contributed by atoms with Crippen LogP contribution in [0.25, 0.3) is 0 Å². The van der Waals surface area contributed by atoms with Gasteiger partial charge in [0, 0.05) is 11.8 Å². The van der Waals surface area contributed by atoms with E-state index in [9.17, 15) is 0 Å². The molecule has 170 valence electrons. The molecule has 0 heterocycles. The molecule has 2 saturated carbocycles. The van der Waals surface area contributed by atoms with Crippen LogP contribution in [0.5, 0.6) is 0 Å². The van der Waals surface area contributed by atoms with Crippen molar-refractivity contribution >= 4 is 16.6 Å². The Morgan fingerprint density at radius 1 is 1.17 bits per heavy atom. The Bertz CT molecular complexity index is 728. The van der Waals surface area contributed by atoms with E-state index in [1.807, 2.05) is 0 Å². The highest BCUT2D eigenvalue weighted by molar-refractivity contribution is 6.74. The zero-order valence-corrected chi connectivity index (χ0v) is 23.5. The molecule has 0 aliphatic heterocycles. The Balaban J connectivity index is 2.62. The van der Waals surface area contributed by atoms with Gasteiger partial charge in [-0.15, -0.1) is 12.2 Å². The van der Waals surface area contributed by atoms with Crippen molar-refractivity contribution in [3.05, 3.63) is 18.4 Å². The van der Waals surface area contributed by atoms with Crippen molar-refractivity contribution in [2.24, 2.45) is 29.1 Å². The summed E-state index contributed by atoms with van der Waals surface area (Å²) in [6.45, 7) is 29.3. The summed E-state index contributed by atoms with van der Waals surface area (Å²) >= 11 is 0. The van der Waals surface area contributed by atoms with E-state index in [0.717, 1.165) is 12.8 Å². The molecule has 2 aliphatic carbocycles. The van der Waals surface area contributed by atoms with Gasteiger partial charge in [-0.1, -0.05) is 54.0 Å². The topological polar surface area (TPSA) is 18.5 Å². The second-order valence-electron chi connectivity index (χ2n) is 12.8. The molecule has 0 bridgehead atoms. The molecular formula is C26H46O2Si2. The predicted molar refractivity (Wildman–Crippen MR) is 134 cm³/mol. The lowest BCUT2D eigenvalue weighted by atomic mass is 9.70. The number of hydrogen-bond acceptors (Lipinski definition) is 2. The quantitative estimate of drug-likeness (QED) is 0.233. The second-order valence-corrected chi connectivity index (χ2v) is 22.0. The molecular weight excluding hydrogens is 400 g/mol. The van der Waals surface area contributed by atoms with Crippen LogP contribution < -0.4 is 0 Å². The van der Waals surface area contributed by atoms with E-state index in [2.05, 4.69) is 98.6 Å². The van der Waals surface area contributed by atoms with Crippen LogP contribution in [0.3, 0.4) is 0 Å². The van der Waals surface area contributed by atoms with Crippen molar-refractivity contribution in [3.63, 3.8) is 0 Å². The van der Waals surface area contributed by atoms with Crippen LogP contribution in [0.4, 0.5) is 0 Å². The zero-order valence-electron chi connectivity index (χ0n) is 21.5. The minimum atomic E-state index is -2.02. The molecule has 30 heavy (non-hydrogen) atoms. The van der Waals surface area contributed by atoms with Gasteiger partial charge in [0.2, 0.25) is 0 Å². The Morgan fingerprint density at radius 3 is 2.17 bits per heavy atom. The van der Waals surface area contributed by atoms with Gasteiger partial charge < -0.3 is 8.85 Å². The van der Waals surface area contributed by atoms with Gasteiger partial charge in [-0.2, -0.15) is 0 Å². The summed E-state index contributed by atoms with van der Waals surface area (Å²) in [5.41, 5.74) is 2.78. The number of terminal acetylenes is 1. The molecule has 0 aromatic heterocycles. The van der Waals surface area contributed by atoms with Gasteiger partial charge in [0.25, 0.3) is 0 Å². The highest BCUT2D eigenvalue weighted by Gasteiger charge is 2.70. The highest BCUT2D eigenvalue weighted by atomic mass is 28.4. The number of rotatable bonds is 7. The molecule has 0 spiro atoms. The van der Waals surface area contributed by atoms with E-state index < -0.39 is 22.2 Å². The molecule has 0 saturated heterocycles. The van der Waals surface area contributed by atoms with Crippen molar-refractivity contribution in [1.82, 2.24) is 0 Å². The number of hydrogen-bond donors (Lipinski definition) is 0. The standard InChI is InChI=1S/C26H46O2Si2/c1-14-16-19(3)23(27-30(12,13)24(4,5)6)22-21-20(25(21,7)8)17-18-26(22,15-2)28-29(9,10)11/h2,16,19-23H,1,17-18H2,3-13H3/t19-,20-,21+,22-,23-,26-/m1/s1. The zero-order chi connectivity index (χ0) is 23.3. The summed E-state index contributed by atoms with van der Waals surface area (Å²) in [6.07, 6.45) is 10.5. The molecule has 2 fully saturated rings. The van der Waals surface area contributed by atoms with Crippen molar-refractivity contribution in [2.45, 2.75) is 104 Å². The van der Waals surface area contributed by atoms with Gasteiger partial charge in [0.05, 0.1) is 6.10 Å². The minimum absolute atomic E-state index is 0.0158. The van der Waals surface area contributed by atoms with E-state index in [1.165, 1.54) is 0 Å². The summed E-state index contributed by atoms with van der Waals surface area (Å²) in [7, 11) is -3.87. The maximum atomic E-state index is 7.20. The van der Waals surface area contributed by atoms with Gasteiger partial charge in [0.15, 0.2) is 16.6 Å². The van der Waals surface area contributed by atoms with Crippen LogP contribution in [-0.2, 0) is 8.85 Å². The van der Waals surface area contributed by atoms with Gasteiger partial charge >= 0.3 is 0 Å². The summed E-state index contributed by atoms with van der Waals surface area (Å²) < 4.78 is 14.1. The maximum absolute atomic E-state index is 7.20. The molecule has 0 radical (unpaired) electrons. The normalized spacial score (nSPS) is 32.9. The molecule has 0 aromatic rings. The Kier molecular flexibility index (Phi) is 6.93. The first-order valence-corrected chi connectivity index (χ1v) is 18.0. The van der Waals surface area contributed by atoms with Crippen LogP contribution in [0.15, 0.2) is 18.4 Å². The minimum Gasteiger partial charge on any atom is -0.413 e. The second kappa shape index (κ2) is 8.09. The third-order valence-electron chi connectivity index (χ3n) is 8.11. The highest BCUT2D eigenvalue weighted by Crippen LogP contribution is 2.70. The lowest BCUT2D eigenvalue weighted by Crippen LogP contribution is -2.58. The molecule has 2 nitrogen and oxygen atoms in total. The summed E-state index contributed by atoms with van der Waals surface area (Å²) in [4.78, 5) is 0. The Morgan fingerprint density at radius 2 is 1.73 bits per heavy atom. The molecule has 4 heteroatoms. The third kappa shape index (κ3) is 4.76. The largest absolute Gasteiger partial charge is 0.413 e. The smallest absolute Gasteiger partial charge is 0.192 e. The molecule has 6 atom stereocenters. The third-order valence-corrected chi connectivity index (χ3v) is 13.6. The van der Waals surface area contributed by atoms with Crippen molar-refractivity contribution in [2.75, 3.05) is 0 Å². The maximum Gasteiger partial charge on any atom is 0.192 e. The van der Waals surface area contributed by atoms with E-state index in [0.29, 0.717) is 17.3 Å². The summed E-state index contributed by atoms with van der Waals surface area (Å²) in [5, 5.41) is 0.133. The van der Waals surface area contributed by atoms with E-state index in [4.69, 9.17) is 15.3 Å². The lowest BCUT2D eigenvalue weighted by Gasteiger charge is -2.51. The fourth-order valence-corrected chi connectivity index (χ4v) is 8.30. The van der Waals surface area contributed by atoms with Crippen LogP contribution in [0.2, 0.25) is 37.8 Å². The molecule has 0 unspecified atom stereocenters. The fraction of sp³-hybridized carbons (Fsp3) is 0.808. The van der Waals surface area contributed by atoms with Crippen molar-refractivity contribution in [3.8, 4) is 12.3 Å². The summed E-state index contributed by atoms with van der Waals surface area (Å²) in [6, 6.07) is 0. The average molecular weight is 447 g/mol. The fourth-order valence-electron chi connectivity index (χ4n) is 5.52. The molecule has 0 aromatic carbocycles. The van der Waals surface area contributed by atoms with Gasteiger partial charge in [-0.3, -0.25) is 0 Å². The first-order chi connectivity index (χ1) is 13.4. The van der Waals surface area contributed by atoms with Crippen molar-refractivity contribution in [1.29, 1.82) is 0 Å². The van der Waals surface area contributed by atoms with Crippen LogP contribution >= 0.6 is 0 Å². The van der Waals surface area contributed by atoms with Gasteiger partial charge in [-0.25, -0.2) is 0 Å². The Labute approximate surface area is 189 Å². The molecule has 2 aliphatic rings. The first kappa shape index (κ1) is 25.7. The van der Waals surface area contributed by atoms with Crippen molar-refractivity contribution < 1.29 is 8.85 Å². The molecule has 2 rings (SSSR count). The first-order valence-electron chi connectivity index (χ1n) is 11.7. The monoisotopic (exact) mass is 446 g/mol. The van der Waals surface area contributed by atoms with Crippen LogP contribution in [-0.4, -0.2) is 28.3 Å². The van der Waals surface area contributed by atoms with E-state index >= 15 is 0 Å². The van der Waals surface area contributed by atoms with Gasteiger partial charge in [0.1, 0.15) is 5.60 Å². The molecule has 0 N–H and O–H groups in total. The van der Waals surface area contributed by atoms with E-state index in [-0.39, 0.29) is 23.0 Å².